The molecule has 1 heterocycles. The van der Waals surface area contributed by atoms with Crippen LogP contribution in [0, 0.1) is 0 Å². The molecule has 17 heavy (non-hydrogen) atoms. The molecule has 0 spiro atoms. The number of nitrogens with zero attached hydrogens (tertiary/aromatic N) is 1. The quantitative estimate of drug-likeness (QED) is 0.810. The lowest BCUT2D eigenvalue weighted by atomic mass is 9.96. The van der Waals surface area contributed by atoms with Crippen molar-refractivity contribution in [1.82, 2.24) is 5.32 Å². The number of carbonyl (C=O) groups excluding carboxylic acids is 1. The van der Waals surface area contributed by atoms with Gasteiger partial charge in [-0.2, -0.15) is 0 Å². The molecular formula is C12H14N2O3. The van der Waals surface area contributed by atoms with Crippen LogP contribution in [-0.2, 0) is 9.59 Å². The summed E-state index contributed by atoms with van der Waals surface area (Å²) in [5.74, 6) is -0.930. The van der Waals surface area contributed by atoms with E-state index in [0.29, 0.717) is 6.42 Å². The molecule has 1 atom stereocenters. The van der Waals surface area contributed by atoms with Crippen LogP contribution >= 0.6 is 0 Å². The Hall–Kier alpha value is -1.88. The molecule has 0 saturated heterocycles. The van der Waals surface area contributed by atoms with Crippen molar-refractivity contribution >= 4 is 17.6 Å². The second-order valence-corrected chi connectivity index (χ2v) is 4.04. The van der Waals surface area contributed by atoms with Crippen LogP contribution in [0.1, 0.15) is 18.0 Å². The van der Waals surface area contributed by atoms with Gasteiger partial charge in [-0.05, 0) is 11.6 Å². The molecule has 1 aromatic carbocycles. The topological polar surface area (TPSA) is 69.6 Å². The van der Waals surface area contributed by atoms with Crippen LogP contribution in [0.3, 0.4) is 0 Å². The minimum atomic E-state index is -0.922. The molecule has 1 amide bonds. The first-order valence-electron chi connectivity index (χ1n) is 5.40. The first-order chi connectivity index (χ1) is 8.09. The van der Waals surface area contributed by atoms with E-state index in [4.69, 9.17) is 5.11 Å². The lowest BCUT2D eigenvalue weighted by Gasteiger charge is -2.31. The molecule has 1 unspecified atom stereocenters. The molecule has 1 aliphatic rings. The number of carboxylic acid groups (broad SMARTS) is 1. The Bertz CT molecular complexity index is 459. The van der Waals surface area contributed by atoms with Gasteiger partial charge in [0.25, 0.3) is 0 Å². The van der Waals surface area contributed by atoms with E-state index >= 15 is 0 Å². The molecule has 2 N–H and O–H groups in total. The average Bonchev–Trinajstić information content (AvgIpc) is 2.32. The Balaban J connectivity index is 2.27. The summed E-state index contributed by atoms with van der Waals surface area (Å²) >= 11 is 0. The number of amides is 1. The third kappa shape index (κ3) is 2.29. The van der Waals surface area contributed by atoms with Crippen LogP contribution in [-0.4, -0.2) is 30.6 Å². The van der Waals surface area contributed by atoms with Gasteiger partial charge in [-0.3, -0.25) is 14.9 Å². The number of hydrogen-bond donors (Lipinski definition) is 2. The van der Waals surface area contributed by atoms with Crippen molar-refractivity contribution in [2.75, 3.05) is 18.5 Å². The largest absolute Gasteiger partial charge is 0.480 e. The van der Waals surface area contributed by atoms with Gasteiger partial charge in [0.15, 0.2) is 0 Å². The van der Waals surface area contributed by atoms with Crippen LogP contribution in [0.15, 0.2) is 24.3 Å². The summed E-state index contributed by atoms with van der Waals surface area (Å²) in [4.78, 5) is 23.9. The zero-order chi connectivity index (χ0) is 12.4. The number of benzene rings is 1. The van der Waals surface area contributed by atoms with E-state index in [1.165, 1.54) is 0 Å². The van der Waals surface area contributed by atoms with Crippen LogP contribution < -0.4 is 10.2 Å². The number of aliphatic carboxylic acids is 1. The van der Waals surface area contributed by atoms with Gasteiger partial charge in [0.2, 0.25) is 5.91 Å². The number of hydrogen-bond acceptors (Lipinski definition) is 3. The maximum Gasteiger partial charge on any atom is 0.317 e. The van der Waals surface area contributed by atoms with E-state index in [1.807, 2.05) is 24.3 Å². The minimum Gasteiger partial charge on any atom is -0.480 e. The molecule has 5 heteroatoms. The average molecular weight is 234 g/mol. The van der Waals surface area contributed by atoms with Crippen molar-refractivity contribution in [3.63, 3.8) is 0 Å². The number of fused-ring (bicyclic) bond motifs is 1. The second-order valence-electron chi connectivity index (χ2n) is 4.04. The highest BCUT2D eigenvalue weighted by Gasteiger charge is 2.28. The van der Waals surface area contributed by atoms with E-state index in [1.54, 1.807) is 11.9 Å². The Morgan fingerprint density at radius 3 is 2.94 bits per heavy atom. The molecule has 2 rings (SSSR count). The van der Waals surface area contributed by atoms with Gasteiger partial charge < -0.3 is 10.0 Å². The van der Waals surface area contributed by atoms with Gasteiger partial charge in [0.05, 0.1) is 6.54 Å². The number of anilines is 1. The fourth-order valence-electron chi connectivity index (χ4n) is 2.04. The van der Waals surface area contributed by atoms with Gasteiger partial charge >= 0.3 is 5.97 Å². The van der Waals surface area contributed by atoms with Crippen LogP contribution in [0.25, 0.3) is 0 Å². The van der Waals surface area contributed by atoms with Crippen molar-refractivity contribution in [2.45, 2.75) is 12.5 Å². The van der Waals surface area contributed by atoms with E-state index in [0.717, 1.165) is 11.3 Å². The van der Waals surface area contributed by atoms with Gasteiger partial charge in [0, 0.05) is 25.2 Å². The fourth-order valence-corrected chi connectivity index (χ4v) is 2.04. The van der Waals surface area contributed by atoms with E-state index in [-0.39, 0.29) is 18.5 Å². The SMILES string of the molecule is CN1C(=O)CC(NCC(=O)O)c2ccccc21. The summed E-state index contributed by atoms with van der Waals surface area (Å²) in [7, 11) is 1.73. The maximum absolute atomic E-state index is 11.8. The van der Waals surface area contributed by atoms with Crippen molar-refractivity contribution < 1.29 is 14.7 Å². The van der Waals surface area contributed by atoms with Gasteiger partial charge in [-0.1, -0.05) is 18.2 Å². The summed E-state index contributed by atoms with van der Waals surface area (Å²) in [5, 5.41) is 11.5. The Labute approximate surface area is 99.0 Å². The normalized spacial score (nSPS) is 19.0. The van der Waals surface area contributed by atoms with Gasteiger partial charge in [0.1, 0.15) is 0 Å². The Morgan fingerprint density at radius 2 is 2.24 bits per heavy atom. The first-order valence-corrected chi connectivity index (χ1v) is 5.40. The summed E-state index contributed by atoms with van der Waals surface area (Å²) in [5.41, 5.74) is 1.81. The number of rotatable bonds is 3. The highest BCUT2D eigenvalue weighted by molar-refractivity contribution is 5.96. The van der Waals surface area contributed by atoms with E-state index in [2.05, 4.69) is 5.32 Å². The lowest BCUT2D eigenvalue weighted by molar-refractivity contribution is -0.136. The fraction of sp³-hybridized carbons (Fsp3) is 0.333. The van der Waals surface area contributed by atoms with Gasteiger partial charge in [-0.15, -0.1) is 0 Å². The van der Waals surface area contributed by atoms with Crippen molar-refractivity contribution in [2.24, 2.45) is 0 Å². The summed E-state index contributed by atoms with van der Waals surface area (Å²) in [6.45, 7) is -0.143. The minimum absolute atomic E-state index is 0.00779. The molecule has 90 valence electrons. The number of carbonyl (C=O) groups is 2. The molecule has 1 aromatic rings. The smallest absolute Gasteiger partial charge is 0.317 e. The van der Waals surface area contributed by atoms with Crippen LogP contribution in [0.5, 0.6) is 0 Å². The van der Waals surface area contributed by atoms with Crippen LogP contribution in [0.2, 0.25) is 0 Å². The van der Waals surface area contributed by atoms with Crippen molar-refractivity contribution in [1.29, 1.82) is 0 Å². The van der Waals surface area contributed by atoms with E-state index in [9.17, 15) is 9.59 Å². The highest BCUT2D eigenvalue weighted by atomic mass is 16.4. The number of para-hydroxylation sites is 1. The molecule has 5 nitrogen and oxygen atoms in total. The third-order valence-corrected chi connectivity index (χ3v) is 2.93. The van der Waals surface area contributed by atoms with Crippen molar-refractivity contribution in [3.05, 3.63) is 29.8 Å². The highest BCUT2D eigenvalue weighted by Crippen LogP contribution is 2.33. The van der Waals surface area contributed by atoms with Crippen LogP contribution in [0.4, 0.5) is 5.69 Å². The van der Waals surface area contributed by atoms with Gasteiger partial charge in [-0.25, -0.2) is 0 Å². The lowest BCUT2D eigenvalue weighted by Crippen LogP contribution is -2.39. The molecule has 0 saturated carbocycles. The molecule has 0 bridgehead atoms. The monoisotopic (exact) mass is 234 g/mol. The summed E-state index contributed by atoms with van der Waals surface area (Å²) < 4.78 is 0. The molecular weight excluding hydrogens is 220 g/mol. The number of nitrogens with one attached hydrogen (secondary N) is 1. The summed E-state index contributed by atoms with van der Waals surface area (Å²) in [6.07, 6.45) is 0.292. The van der Waals surface area contributed by atoms with Crippen molar-refractivity contribution in [3.8, 4) is 0 Å². The number of carboxylic acids is 1. The summed E-state index contributed by atoms with van der Waals surface area (Å²) in [6, 6.07) is 7.31. The maximum atomic E-state index is 11.8. The Morgan fingerprint density at radius 1 is 1.53 bits per heavy atom. The molecule has 0 aromatic heterocycles. The molecule has 0 aliphatic carbocycles. The zero-order valence-corrected chi connectivity index (χ0v) is 9.51. The third-order valence-electron chi connectivity index (χ3n) is 2.93. The predicted molar refractivity (Wildman–Crippen MR) is 62.8 cm³/mol. The standard InChI is InChI=1S/C12H14N2O3/c1-14-10-5-3-2-4-8(10)9(6-11(14)15)13-7-12(16)17/h2-5,9,13H,6-7H2,1H3,(H,16,17). The molecule has 0 radical (unpaired) electrons. The Kier molecular flexibility index (Phi) is 3.10. The molecule has 1 aliphatic heterocycles. The zero-order valence-electron chi connectivity index (χ0n) is 9.51. The second kappa shape index (κ2) is 4.55. The first kappa shape index (κ1) is 11.6. The van der Waals surface area contributed by atoms with E-state index < -0.39 is 5.97 Å². The molecule has 0 fully saturated rings. The predicted octanol–water partition coefficient (Wildman–Crippen LogP) is 0.768.